The number of fused-ring (bicyclic) bond motifs is 2. The minimum absolute atomic E-state index is 0.0231. The van der Waals surface area contributed by atoms with Crippen molar-refractivity contribution in [1.29, 1.82) is 0 Å². The summed E-state index contributed by atoms with van der Waals surface area (Å²) in [5.74, 6) is -0.149. The van der Waals surface area contributed by atoms with E-state index in [1.807, 2.05) is 0 Å². The third-order valence-electron chi connectivity index (χ3n) is 7.22. The summed E-state index contributed by atoms with van der Waals surface area (Å²) in [4.78, 5) is 63.3. The van der Waals surface area contributed by atoms with Gasteiger partial charge in [-0.1, -0.05) is 0 Å². The predicted octanol–water partition coefficient (Wildman–Crippen LogP) is -1.97. The van der Waals surface area contributed by atoms with Crippen molar-refractivity contribution < 1.29 is 57.1 Å². The largest absolute Gasteiger partial charge is 0.472 e. The number of aliphatic hydroxyl groups excluding tert-OH is 2. The van der Waals surface area contributed by atoms with Crippen molar-refractivity contribution in [2.75, 3.05) is 24.7 Å². The Morgan fingerprint density at radius 2 is 1.70 bits per heavy atom. The molecule has 0 amide bonds. The average molecular weight is 690 g/mol. The van der Waals surface area contributed by atoms with Gasteiger partial charge in [0, 0.05) is 6.42 Å². The lowest BCUT2D eigenvalue weighted by molar-refractivity contribution is -0.0519. The van der Waals surface area contributed by atoms with E-state index in [-0.39, 0.29) is 35.8 Å². The van der Waals surface area contributed by atoms with Gasteiger partial charge in [0.1, 0.15) is 36.3 Å². The summed E-state index contributed by atoms with van der Waals surface area (Å²) in [6.45, 7) is -1.26. The second-order valence-corrected chi connectivity index (χ2v) is 13.0. The van der Waals surface area contributed by atoms with Crippen LogP contribution < -0.4 is 17.0 Å². The van der Waals surface area contributed by atoms with Crippen LogP contribution in [-0.4, -0.2) is 108 Å². The molecule has 0 saturated carbocycles. The summed E-state index contributed by atoms with van der Waals surface area (Å²) in [6, 6.07) is 0. The Morgan fingerprint density at radius 1 is 0.978 bits per heavy atom. The quantitative estimate of drug-likeness (QED) is 0.0791. The fraction of sp³-hybridized carbons (Fsp3) is 0.524. The summed E-state index contributed by atoms with van der Waals surface area (Å²) in [5.41, 5.74) is 11.1. The number of H-pyrrole nitrogens is 1. The number of aromatic nitrogens is 8. The minimum atomic E-state index is -5.00. The van der Waals surface area contributed by atoms with E-state index < -0.39 is 77.4 Å². The highest BCUT2D eigenvalue weighted by atomic mass is 31.2. The van der Waals surface area contributed by atoms with Gasteiger partial charge in [-0.3, -0.25) is 32.5 Å². The van der Waals surface area contributed by atoms with Crippen LogP contribution in [0.1, 0.15) is 25.3 Å². The molecule has 10 N–H and O–H groups in total. The molecule has 0 radical (unpaired) electrons. The zero-order chi connectivity index (χ0) is 33.0. The molecular weight excluding hydrogens is 662 g/mol. The molecule has 25 heteroatoms. The lowest BCUT2D eigenvalue weighted by Crippen LogP contribution is -2.35. The monoisotopic (exact) mass is 690 g/mol. The van der Waals surface area contributed by atoms with Gasteiger partial charge >= 0.3 is 15.6 Å². The summed E-state index contributed by atoms with van der Waals surface area (Å²) in [6.07, 6.45) is -5.23. The van der Waals surface area contributed by atoms with Gasteiger partial charge in [0.05, 0.1) is 32.0 Å². The highest BCUT2D eigenvalue weighted by Crippen LogP contribution is 2.50. The number of phosphoric acid groups is 2. The van der Waals surface area contributed by atoms with E-state index in [0.717, 1.165) is 10.9 Å². The maximum absolute atomic E-state index is 13.0. The molecule has 23 nitrogen and oxygen atoms in total. The number of anilines is 2. The van der Waals surface area contributed by atoms with Crippen LogP contribution in [0.2, 0.25) is 0 Å². The number of nitrogens with zero attached hydrogens (tertiary/aromatic N) is 7. The number of nitrogens with one attached hydrogen (secondary N) is 1. The van der Waals surface area contributed by atoms with Crippen molar-refractivity contribution in [3.05, 3.63) is 29.3 Å². The molecule has 0 aliphatic carbocycles. The average Bonchev–Trinajstić information content (AvgIpc) is 3.73. The molecule has 1 unspecified atom stereocenters. The molecule has 4 aromatic rings. The van der Waals surface area contributed by atoms with Crippen molar-refractivity contribution in [1.82, 2.24) is 39.0 Å². The first kappa shape index (κ1) is 32.5. The molecule has 2 aliphatic rings. The molecule has 2 aliphatic heterocycles. The molecule has 2 fully saturated rings. The number of hydrogen-bond donors (Lipinski definition) is 8. The van der Waals surface area contributed by atoms with E-state index in [9.17, 15) is 29.0 Å². The highest BCUT2D eigenvalue weighted by molar-refractivity contribution is 7.47. The molecule has 0 spiro atoms. The lowest BCUT2D eigenvalue weighted by Gasteiger charge is -2.24. The Hall–Kier alpha value is -3.44. The third kappa shape index (κ3) is 6.53. The Bertz CT molecular complexity index is 1900. The van der Waals surface area contributed by atoms with Crippen LogP contribution >= 0.6 is 15.6 Å². The minimum Gasteiger partial charge on any atom is -0.388 e. The Labute approximate surface area is 255 Å². The third-order valence-corrected chi connectivity index (χ3v) is 8.72. The summed E-state index contributed by atoms with van der Waals surface area (Å²) < 4.78 is 53.3. The topological polar surface area (TPSA) is 341 Å². The molecule has 6 rings (SSSR count). The van der Waals surface area contributed by atoms with E-state index in [0.29, 0.717) is 11.2 Å². The number of aliphatic hydroxyl groups is 2. The van der Waals surface area contributed by atoms with Gasteiger partial charge in [-0.15, -0.1) is 0 Å². The second kappa shape index (κ2) is 12.3. The van der Waals surface area contributed by atoms with E-state index in [1.54, 1.807) is 0 Å². The van der Waals surface area contributed by atoms with Crippen LogP contribution in [0, 0.1) is 0 Å². The molecular formula is C21H28N10O13P2. The van der Waals surface area contributed by atoms with Gasteiger partial charge in [-0.05, 0) is 6.42 Å². The van der Waals surface area contributed by atoms with Crippen LogP contribution in [0.5, 0.6) is 0 Å². The number of nitrogens with two attached hydrogens (primary N) is 2. The number of ether oxygens (including phenoxy) is 2. The van der Waals surface area contributed by atoms with Crippen LogP contribution in [0.3, 0.4) is 0 Å². The molecule has 0 bridgehead atoms. The van der Waals surface area contributed by atoms with Gasteiger partial charge < -0.3 is 45.8 Å². The molecule has 250 valence electrons. The zero-order valence-electron chi connectivity index (χ0n) is 23.3. The lowest BCUT2D eigenvalue weighted by atomic mass is 10.1. The van der Waals surface area contributed by atoms with Gasteiger partial charge in [0.15, 0.2) is 35.1 Å². The summed E-state index contributed by atoms with van der Waals surface area (Å²) in [7, 11) is -10.00. The van der Waals surface area contributed by atoms with E-state index in [4.69, 9.17) is 39.8 Å². The molecule has 2 saturated heterocycles. The van der Waals surface area contributed by atoms with Gasteiger partial charge in [0.2, 0.25) is 5.95 Å². The van der Waals surface area contributed by atoms with Crippen molar-refractivity contribution in [3.8, 4) is 0 Å². The number of rotatable bonds is 11. The SMILES string of the molecule is Nc1nc2c(ncn2[C@@H]2O[C@H](COP(=O)(O)O)[C@@H](O)[C@H]2OP(=O)(O)OCC[C@@H]2C[C@@H](O)[C@H](n3cnc4c(N)ncnc43)O2)c(=O)[nH]1. The smallest absolute Gasteiger partial charge is 0.388 e. The van der Waals surface area contributed by atoms with Crippen LogP contribution in [0.25, 0.3) is 22.3 Å². The summed E-state index contributed by atoms with van der Waals surface area (Å²) >= 11 is 0. The van der Waals surface area contributed by atoms with Crippen molar-refractivity contribution in [3.63, 3.8) is 0 Å². The summed E-state index contributed by atoms with van der Waals surface area (Å²) in [5, 5.41) is 21.5. The van der Waals surface area contributed by atoms with Crippen LogP contribution in [0.15, 0.2) is 23.8 Å². The predicted molar refractivity (Wildman–Crippen MR) is 150 cm³/mol. The zero-order valence-corrected chi connectivity index (χ0v) is 25.1. The first-order chi connectivity index (χ1) is 21.7. The Morgan fingerprint density at radius 3 is 2.43 bits per heavy atom. The fourth-order valence-electron chi connectivity index (χ4n) is 5.20. The molecule has 0 aromatic carbocycles. The maximum Gasteiger partial charge on any atom is 0.472 e. The van der Waals surface area contributed by atoms with Gasteiger partial charge in [0.25, 0.3) is 5.56 Å². The highest BCUT2D eigenvalue weighted by Gasteiger charge is 2.50. The first-order valence-electron chi connectivity index (χ1n) is 13.4. The van der Waals surface area contributed by atoms with Crippen LogP contribution in [0.4, 0.5) is 11.8 Å². The number of imidazole rings is 2. The van der Waals surface area contributed by atoms with Gasteiger partial charge in [-0.2, -0.15) is 4.98 Å². The number of phosphoric ester groups is 2. The Balaban J connectivity index is 1.14. The van der Waals surface area contributed by atoms with Crippen molar-refractivity contribution >= 4 is 49.7 Å². The fourth-order valence-corrected chi connectivity index (χ4v) is 6.47. The van der Waals surface area contributed by atoms with Gasteiger partial charge in [-0.25, -0.2) is 29.1 Å². The van der Waals surface area contributed by atoms with Crippen LogP contribution in [-0.2, 0) is 32.2 Å². The number of nitrogen functional groups attached to an aromatic ring is 2. The Kier molecular flexibility index (Phi) is 8.69. The van der Waals surface area contributed by atoms with Crippen molar-refractivity contribution in [2.45, 2.75) is 55.8 Å². The second-order valence-electron chi connectivity index (χ2n) is 10.3. The standard InChI is InChI=1S/C21H28N10O13P2/c22-15-11-16(25-5-24-15)30(6-26-11)19-9(32)3-8(42-19)1-2-40-46(38,39)44-14-13(33)10(4-41-45(35,36)37)43-20(14)31-7-27-12-17(31)28-21(23)29-18(12)34/h5-10,13-14,19-20,32-33H,1-4H2,(H,38,39)(H2,22,24,25)(H2,35,36,37)(H3,23,28,29,34)/t8-,9-,10-,13-,14-,19-,20-/m1/s1. The van der Waals surface area contributed by atoms with Crippen molar-refractivity contribution in [2.24, 2.45) is 0 Å². The first-order valence-corrected chi connectivity index (χ1v) is 16.4. The van der Waals surface area contributed by atoms with E-state index in [2.05, 4.69) is 34.4 Å². The number of aromatic amines is 1. The number of hydrogen-bond acceptors (Lipinski definition) is 17. The van der Waals surface area contributed by atoms with E-state index >= 15 is 0 Å². The van der Waals surface area contributed by atoms with E-state index in [1.165, 1.54) is 17.2 Å². The molecule has 4 aromatic heterocycles. The molecule has 8 atom stereocenters. The molecule has 46 heavy (non-hydrogen) atoms. The normalized spacial score (nSPS) is 28.3. The molecule has 6 heterocycles. The maximum atomic E-state index is 13.0.